The van der Waals surface area contributed by atoms with Crippen LogP contribution in [0.15, 0.2) is 48.5 Å². The zero-order valence-electron chi connectivity index (χ0n) is 11.4. The Balaban J connectivity index is 2.29. The molecular weight excluding hydrogens is 239 g/mol. The molecule has 1 N–H and O–H groups in total. The van der Waals surface area contributed by atoms with E-state index in [2.05, 4.69) is 25.1 Å². The smallest absolute Gasteiger partial charge is 0.123 e. The average Bonchev–Trinajstić information content (AvgIpc) is 2.39. The summed E-state index contributed by atoms with van der Waals surface area (Å²) in [6.45, 7) is 4.09. The van der Waals surface area contributed by atoms with Crippen molar-refractivity contribution in [2.75, 3.05) is 6.61 Å². The molecule has 1 nitrogen and oxygen atoms in total. The largest absolute Gasteiger partial charge is 0.395 e. The van der Waals surface area contributed by atoms with E-state index in [0.717, 1.165) is 12.0 Å². The van der Waals surface area contributed by atoms with Crippen LogP contribution < -0.4 is 0 Å². The van der Waals surface area contributed by atoms with Crippen LogP contribution in [-0.4, -0.2) is 11.7 Å². The first kappa shape index (κ1) is 13.8. The van der Waals surface area contributed by atoms with Crippen molar-refractivity contribution >= 4 is 0 Å². The number of halogens is 1. The van der Waals surface area contributed by atoms with Gasteiger partial charge in [-0.3, -0.25) is 0 Å². The third kappa shape index (κ3) is 3.21. The maximum atomic E-state index is 13.0. The highest BCUT2D eigenvalue weighted by molar-refractivity contribution is 5.31. The summed E-state index contributed by atoms with van der Waals surface area (Å²) in [5.74, 6) is -0.250. The fourth-order valence-electron chi connectivity index (χ4n) is 2.37. The van der Waals surface area contributed by atoms with Gasteiger partial charge in [0.25, 0.3) is 0 Å². The second-order valence-corrected chi connectivity index (χ2v) is 5.39. The fraction of sp³-hybridized carbons (Fsp3) is 0.294. The molecule has 0 saturated carbocycles. The Labute approximate surface area is 113 Å². The minimum Gasteiger partial charge on any atom is -0.395 e. The highest BCUT2D eigenvalue weighted by Crippen LogP contribution is 2.28. The number of aliphatic hydroxyl groups excluding tert-OH is 1. The van der Waals surface area contributed by atoms with Crippen LogP contribution in [-0.2, 0) is 11.8 Å². The van der Waals surface area contributed by atoms with E-state index < -0.39 is 0 Å². The maximum Gasteiger partial charge on any atom is 0.123 e. The normalized spacial score (nSPS) is 14.1. The molecule has 2 aromatic rings. The van der Waals surface area contributed by atoms with Crippen molar-refractivity contribution in [1.29, 1.82) is 0 Å². The summed E-state index contributed by atoms with van der Waals surface area (Å²) in [7, 11) is 0. The van der Waals surface area contributed by atoms with E-state index in [1.165, 1.54) is 23.3 Å². The van der Waals surface area contributed by atoms with Gasteiger partial charge in [-0.1, -0.05) is 48.9 Å². The summed E-state index contributed by atoms with van der Waals surface area (Å²) >= 11 is 0. The lowest BCUT2D eigenvalue weighted by Gasteiger charge is -2.28. The van der Waals surface area contributed by atoms with Crippen LogP contribution in [0, 0.1) is 12.7 Å². The van der Waals surface area contributed by atoms with E-state index in [1.54, 1.807) is 12.1 Å². The van der Waals surface area contributed by atoms with Gasteiger partial charge in [0.1, 0.15) is 5.82 Å². The summed E-state index contributed by atoms with van der Waals surface area (Å²) in [6.07, 6.45) is 0.733. The van der Waals surface area contributed by atoms with E-state index in [1.807, 2.05) is 13.0 Å². The molecule has 0 aliphatic rings. The molecule has 0 aliphatic carbocycles. The molecule has 0 amide bonds. The number of rotatable bonds is 4. The Bertz CT molecular complexity index is 547. The average molecular weight is 258 g/mol. The topological polar surface area (TPSA) is 20.2 Å². The van der Waals surface area contributed by atoms with Crippen molar-refractivity contribution in [2.24, 2.45) is 0 Å². The monoisotopic (exact) mass is 258 g/mol. The molecule has 0 bridgehead atoms. The minimum absolute atomic E-state index is 0.0343. The standard InChI is InChI=1S/C17H19FO/c1-13-4-3-5-14(10-13)11-17(2,12-19)15-6-8-16(18)9-7-15/h3-10,19H,11-12H2,1-2H3. The zero-order chi connectivity index (χ0) is 13.9. The zero-order valence-corrected chi connectivity index (χ0v) is 11.4. The summed E-state index contributed by atoms with van der Waals surface area (Å²) < 4.78 is 13.0. The molecule has 0 heterocycles. The van der Waals surface area contributed by atoms with Crippen LogP contribution >= 0.6 is 0 Å². The maximum absolute atomic E-state index is 13.0. The molecule has 0 radical (unpaired) electrons. The van der Waals surface area contributed by atoms with Crippen LogP contribution in [0.25, 0.3) is 0 Å². The van der Waals surface area contributed by atoms with Gasteiger partial charge in [-0.15, -0.1) is 0 Å². The second-order valence-electron chi connectivity index (χ2n) is 5.39. The molecule has 0 aliphatic heterocycles. The number of aryl methyl sites for hydroxylation is 1. The highest BCUT2D eigenvalue weighted by Gasteiger charge is 2.26. The third-order valence-corrected chi connectivity index (χ3v) is 3.57. The van der Waals surface area contributed by atoms with E-state index in [4.69, 9.17) is 0 Å². The van der Waals surface area contributed by atoms with E-state index in [9.17, 15) is 9.50 Å². The van der Waals surface area contributed by atoms with Crippen LogP contribution in [0.1, 0.15) is 23.6 Å². The van der Waals surface area contributed by atoms with Crippen molar-refractivity contribution in [3.63, 3.8) is 0 Å². The van der Waals surface area contributed by atoms with Gasteiger partial charge in [0, 0.05) is 5.41 Å². The van der Waals surface area contributed by atoms with E-state index in [-0.39, 0.29) is 17.8 Å². The van der Waals surface area contributed by atoms with Gasteiger partial charge in [-0.2, -0.15) is 0 Å². The summed E-state index contributed by atoms with van der Waals surface area (Å²) in [5.41, 5.74) is 2.96. The predicted octanol–water partition coefficient (Wildman–Crippen LogP) is 3.63. The Morgan fingerprint density at radius 2 is 1.79 bits per heavy atom. The first-order valence-corrected chi connectivity index (χ1v) is 6.46. The summed E-state index contributed by atoms with van der Waals surface area (Å²) in [6, 6.07) is 14.6. The van der Waals surface area contributed by atoms with Crippen molar-refractivity contribution in [3.8, 4) is 0 Å². The number of aliphatic hydroxyl groups is 1. The Hall–Kier alpha value is -1.67. The van der Waals surface area contributed by atoms with Gasteiger partial charge >= 0.3 is 0 Å². The molecule has 0 saturated heterocycles. The first-order chi connectivity index (χ1) is 9.03. The molecule has 2 heteroatoms. The quantitative estimate of drug-likeness (QED) is 0.888. The molecule has 0 aromatic heterocycles. The summed E-state index contributed by atoms with van der Waals surface area (Å²) in [4.78, 5) is 0. The summed E-state index contributed by atoms with van der Waals surface area (Å²) in [5, 5.41) is 9.74. The molecule has 100 valence electrons. The molecular formula is C17H19FO. The lowest BCUT2D eigenvalue weighted by Crippen LogP contribution is -2.29. The van der Waals surface area contributed by atoms with Gasteiger partial charge in [0.05, 0.1) is 6.61 Å². The lowest BCUT2D eigenvalue weighted by atomic mass is 9.78. The van der Waals surface area contributed by atoms with Gasteiger partial charge in [0.15, 0.2) is 0 Å². The lowest BCUT2D eigenvalue weighted by molar-refractivity contribution is 0.204. The first-order valence-electron chi connectivity index (χ1n) is 6.46. The molecule has 0 fully saturated rings. The van der Waals surface area contributed by atoms with Crippen LogP contribution in [0.5, 0.6) is 0 Å². The third-order valence-electron chi connectivity index (χ3n) is 3.57. The van der Waals surface area contributed by atoms with Crippen molar-refractivity contribution < 1.29 is 9.50 Å². The fourth-order valence-corrected chi connectivity index (χ4v) is 2.37. The SMILES string of the molecule is Cc1cccc(CC(C)(CO)c2ccc(F)cc2)c1. The van der Waals surface area contributed by atoms with Crippen molar-refractivity contribution in [1.82, 2.24) is 0 Å². The molecule has 1 unspecified atom stereocenters. The number of hydrogen-bond acceptors (Lipinski definition) is 1. The van der Waals surface area contributed by atoms with Crippen molar-refractivity contribution in [2.45, 2.75) is 25.7 Å². The number of hydrogen-bond donors (Lipinski definition) is 1. The molecule has 0 spiro atoms. The highest BCUT2D eigenvalue weighted by atomic mass is 19.1. The van der Waals surface area contributed by atoms with Crippen molar-refractivity contribution in [3.05, 3.63) is 71.0 Å². The van der Waals surface area contributed by atoms with Gasteiger partial charge in [0.2, 0.25) is 0 Å². The van der Waals surface area contributed by atoms with Gasteiger partial charge in [-0.05, 0) is 36.6 Å². The Kier molecular flexibility index (Phi) is 4.01. The minimum atomic E-state index is -0.387. The Morgan fingerprint density at radius 1 is 1.11 bits per heavy atom. The van der Waals surface area contributed by atoms with Gasteiger partial charge in [-0.25, -0.2) is 4.39 Å². The predicted molar refractivity (Wildman–Crippen MR) is 75.7 cm³/mol. The van der Waals surface area contributed by atoms with Crippen LogP contribution in [0.4, 0.5) is 4.39 Å². The second kappa shape index (κ2) is 5.54. The van der Waals surface area contributed by atoms with E-state index in [0.29, 0.717) is 0 Å². The molecule has 1 atom stereocenters. The number of benzene rings is 2. The molecule has 19 heavy (non-hydrogen) atoms. The Morgan fingerprint density at radius 3 is 2.37 bits per heavy atom. The van der Waals surface area contributed by atoms with Crippen LogP contribution in [0.3, 0.4) is 0 Å². The molecule has 2 aromatic carbocycles. The van der Waals surface area contributed by atoms with Crippen LogP contribution in [0.2, 0.25) is 0 Å². The molecule has 2 rings (SSSR count). The van der Waals surface area contributed by atoms with Gasteiger partial charge < -0.3 is 5.11 Å². The van der Waals surface area contributed by atoms with E-state index >= 15 is 0 Å².